The molecule has 1 heterocycles. The van der Waals surface area contributed by atoms with E-state index in [2.05, 4.69) is 17.2 Å². The first kappa shape index (κ1) is 10.1. The van der Waals surface area contributed by atoms with Gasteiger partial charge in [-0.05, 0) is 24.3 Å². The van der Waals surface area contributed by atoms with Crippen LogP contribution in [0, 0.1) is 5.41 Å². The van der Waals surface area contributed by atoms with E-state index in [-0.39, 0.29) is 0 Å². The summed E-state index contributed by atoms with van der Waals surface area (Å²) in [6, 6.07) is 3.57. The molecule has 1 fully saturated rings. The van der Waals surface area contributed by atoms with E-state index >= 15 is 0 Å². The van der Waals surface area contributed by atoms with Gasteiger partial charge in [-0.2, -0.15) is 4.98 Å². The Morgan fingerprint density at radius 2 is 2.27 bits per heavy atom. The van der Waals surface area contributed by atoms with Crippen LogP contribution in [0.25, 0.3) is 0 Å². The van der Waals surface area contributed by atoms with Crippen molar-refractivity contribution in [1.82, 2.24) is 4.98 Å². The van der Waals surface area contributed by atoms with Gasteiger partial charge in [0.25, 0.3) is 0 Å². The average molecular weight is 207 g/mol. The summed E-state index contributed by atoms with van der Waals surface area (Å²) in [6.07, 6.45) is 2.56. The van der Waals surface area contributed by atoms with Crippen molar-refractivity contribution in [3.05, 3.63) is 12.1 Å². The number of hydrogen-bond acceptors (Lipinski definition) is 4. The van der Waals surface area contributed by atoms with Crippen molar-refractivity contribution < 1.29 is 4.74 Å². The minimum atomic E-state index is 0.442. The standard InChI is InChI=1S/C11H17N3O/c1-11(5-6-11)7-13-10-8(12)3-4-9(14-10)15-2/h3-4H,5-7,12H2,1-2H3,(H,13,14). The van der Waals surface area contributed by atoms with Crippen LogP contribution < -0.4 is 15.8 Å². The molecule has 0 amide bonds. The molecule has 0 aromatic carbocycles. The van der Waals surface area contributed by atoms with Gasteiger partial charge in [-0.15, -0.1) is 0 Å². The summed E-state index contributed by atoms with van der Waals surface area (Å²) in [5.41, 5.74) is 6.92. The number of nitrogens with zero attached hydrogens (tertiary/aromatic N) is 1. The quantitative estimate of drug-likeness (QED) is 0.791. The molecule has 82 valence electrons. The molecule has 0 aliphatic heterocycles. The lowest BCUT2D eigenvalue weighted by molar-refractivity contribution is 0.398. The maximum atomic E-state index is 5.81. The van der Waals surface area contributed by atoms with Gasteiger partial charge in [0, 0.05) is 12.6 Å². The first-order valence-electron chi connectivity index (χ1n) is 5.17. The fourth-order valence-corrected chi connectivity index (χ4v) is 1.39. The molecule has 0 unspecified atom stereocenters. The molecule has 0 radical (unpaired) electrons. The second-order valence-corrected chi connectivity index (χ2v) is 4.46. The van der Waals surface area contributed by atoms with Gasteiger partial charge in [-0.3, -0.25) is 0 Å². The molecule has 3 N–H and O–H groups in total. The fourth-order valence-electron chi connectivity index (χ4n) is 1.39. The first-order valence-corrected chi connectivity index (χ1v) is 5.17. The molecule has 4 heteroatoms. The van der Waals surface area contributed by atoms with Crippen molar-refractivity contribution in [1.29, 1.82) is 0 Å². The van der Waals surface area contributed by atoms with Crippen LogP contribution in [0.5, 0.6) is 5.88 Å². The Morgan fingerprint density at radius 3 is 2.87 bits per heavy atom. The van der Waals surface area contributed by atoms with E-state index in [1.54, 1.807) is 13.2 Å². The minimum Gasteiger partial charge on any atom is -0.481 e. The number of anilines is 2. The van der Waals surface area contributed by atoms with Gasteiger partial charge >= 0.3 is 0 Å². The van der Waals surface area contributed by atoms with Crippen LogP contribution in [0.15, 0.2) is 12.1 Å². The van der Waals surface area contributed by atoms with Crippen LogP contribution in [-0.2, 0) is 0 Å². The number of aromatic nitrogens is 1. The lowest BCUT2D eigenvalue weighted by Crippen LogP contribution is -2.14. The van der Waals surface area contributed by atoms with Crippen LogP contribution in [0.3, 0.4) is 0 Å². The van der Waals surface area contributed by atoms with Gasteiger partial charge in [-0.25, -0.2) is 0 Å². The largest absolute Gasteiger partial charge is 0.481 e. The summed E-state index contributed by atoms with van der Waals surface area (Å²) in [5, 5.41) is 3.27. The second-order valence-electron chi connectivity index (χ2n) is 4.46. The van der Waals surface area contributed by atoms with E-state index < -0.39 is 0 Å². The van der Waals surface area contributed by atoms with Gasteiger partial charge in [0.1, 0.15) is 0 Å². The Bertz CT molecular complexity index is 361. The molecular formula is C11H17N3O. The number of nitrogens with two attached hydrogens (primary N) is 1. The van der Waals surface area contributed by atoms with E-state index in [1.165, 1.54) is 12.8 Å². The Hall–Kier alpha value is -1.45. The highest BCUT2D eigenvalue weighted by Gasteiger charge is 2.36. The number of methoxy groups -OCH3 is 1. The topological polar surface area (TPSA) is 60.2 Å². The van der Waals surface area contributed by atoms with Crippen molar-refractivity contribution in [2.45, 2.75) is 19.8 Å². The first-order chi connectivity index (χ1) is 7.13. The summed E-state index contributed by atoms with van der Waals surface area (Å²) in [6.45, 7) is 3.19. The maximum absolute atomic E-state index is 5.81. The van der Waals surface area contributed by atoms with Crippen molar-refractivity contribution in [2.24, 2.45) is 5.41 Å². The van der Waals surface area contributed by atoms with Crippen LogP contribution >= 0.6 is 0 Å². The summed E-state index contributed by atoms with van der Waals surface area (Å²) < 4.78 is 5.05. The molecule has 0 saturated heterocycles. The summed E-state index contributed by atoms with van der Waals surface area (Å²) >= 11 is 0. The molecule has 1 saturated carbocycles. The number of pyridine rings is 1. The molecule has 0 spiro atoms. The Kier molecular flexibility index (Phi) is 2.42. The number of hydrogen-bond donors (Lipinski definition) is 2. The second kappa shape index (κ2) is 3.61. The predicted octanol–water partition coefficient (Wildman–Crippen LogP) is 1.88. The van der Waals surface area contributed by atoms with Crippen LogP contribution in [-0.4, -0.2) is 18.6 Å². The number of nitrogens with one attached hydrogen (secondary N) is 1. The van der Waals surface area contributed by atoms with Gasteiger partial charge in [0.15, 0.2) is 5.82 Å². The van der Waals surface area contributed by atoms with Crippen molar-refractivity contribution in [2.75, 3.05) is 24.7 Å². The molecule has 15 heavy (non-hydrogen) atoms. The Labute approximate surface area is 89.8 Å². The molecule has 1 aromatic heterocycles. The predicted molar refractivity (Wildman–Crippen MR) is 61.0 cm³/mol. The molecule has 0 bridgehead atoms. The molecule has 1 aromatic rings. The molecule has 2 rings (SSSR count). The zero-order valence-electron chi connectivity index (χ0n) is 9.21. The number of ether oxygens (including phenoxy) is 1. The Morgan fingerprint density at radius 1 is 1.53 bits per heavy atom. The minimum absolute atomic E-state index is 0.442. The van der Waals surface area contributed by atoms with Crippen molar-refractivity contribution >= 4 is 11.5 Å². The lowest BCUT2D eigenvalue weighted by atomic mass is 10.1. The summed E-state index contributed by atoms with van der Waals surface area (Å²) in [5.74, 6) is 1.31. The fraction of sp³-hybridized carbons (Fsp3) is 0.545. The van der Waals surface area contributed by atoms with Crippen molar-refractivity contribution in [3.63, 3.8) is 0 Å². The van der Waals surface area contributed by atoms with Gasteiger partial charge in [-0.1, -0.05) is 6.92 Å². The molecule has 4 nitrogen and oxygen atoms in total. The zero-order valence-corrected chi connectivity index (χ0v) is 9.21. The van der Waals surface area contributed by atoms with E-state index in [0.717, 1.165) is 12.4 Å². The van der Waals surface area contributed by atoms with Crippen LogP contribution in [0.1, 0.15) is 19.8 Å². The van der Waals surface area contributed by atoms with Gasteiger partial charge in [0.05, 0.1) is 12.8 Å². The van der Waals surface area contributed by atoms with E-state index in [0.29, 0.717) is 17.0 Å². The molecule has 0 atom stereocenters. The van der Waals surface area contributed by atoms with Gasteiger partial charge < -0.3 is 15.8 Å². The van der Waals surface area contributed by atoms with Crippen molar-refractivity contribution in [3.8, 4) is 5.88 Å². The normalized spacial score (nSPS) is 17.2. The summed E-state index contributed by atoms with van der Waals surface area (Å²) in [7, 11) is 1.60. The smallest absolute Gasteiger partial charge is 0.215 e. The third-order valence-corrected chi connectivity index (χ3v) is 2.90. The van der Waals surface area contributed by atoms with E-state index in [1.807, 2.05) is 6.07 Å². The highest BCUT2D eigenvalue weighted by atomic mass is 16.5. The molecule has 1 aliphatic rings. The number of nitrogen functional groups attached to an aromatic ring is 1. The van der Waals surface area contributed by atoms with E-state index in [4.69, 9.17) is 10.5 Å². The lowest BCUT2D eigenvalue weighted by Gasteiger charge is -2.12. The van der Waals surface area contributed by atoms with E-state index in [9.17, 15) is 0 Å². The highest BCUT2D eigenvalue weighted by Crippen LogP contribution is 2.44. The van der Waals surface area contributed by atoms with Crippen LogP contribution in [0.2, 0.25) is 0 Å². The Balaban J connectivity index is 2.05. The highest BCUT2D eigenvalue weighted by molar-refractivity contribution is 5.62. The van der Waals surface area contributed by atoms with Gasteiger partial charge in [0.2, 0.25) is 5.88 Å². The molecule has 1 aliphatic carbocycles. The third-order valence-electron chi connectivity index (χ3n) is 2.90. The monoisotopic (exact) mass is 207 g/mol. The third kappa shape index (κ3) is 2.32. The summed E-state index contributed by atoms with van der Waals surface area (Å²) in [4.78, 5) is 4.26. The van der Waals surface area contributed by atoms with Crippen LogP contribution in [0.4, 0.5) is 11.5 Å². The average Bonchev–Trinajstić information content (AvgIpc) is 2.96. The zero-order chi connectivity index (χ0) is 10.9. The molecular weight excluding hydrogens is 190 g/mol. The SMILES string of the molecule is COc1ccc(N)c(NCC2(C)CC2)n1. The maximum Gasteiger partial charge on any atom is 0.215 e. The number of rotatable bonds is 4.